The minimum Gasteiger partial charge on any atom is -0.482 e. The van der Waals surface area contributed by atoms with E-state index < -0.39 is 0 Å². The Labute approximate surface area is 102 Å². The van der Waals surface area contributed by atoms with Crippen LogP contribution >= 0.6 is 0 Å². The van der Waals surface area contributed by atoms with Gasteiger partial charge in [0.2, 0.25) is 0 Å². The molecule has 0 bridgehead atoms. The van der Waals surface area contributed by atoms with E-state index in [9.17, 15) is 4.79 Å². The van der Waals surface area contributed by atoms with Crippen LogP contribution in [0, 0.1) is 0 Å². The lowest BCUT2D eigenvalue weighted by molar-refractivity contribution is -0.120. The van der Waals surface area contributed by atoms with Crippen molar-refractivity contribution < 1.29 is 9.53 Å². The number of anilines is 1. The third-order valence-corrected chi connectivity index (χ3v) is 3.10. The van der Waals surface area contributed by atoms with Gasteiger partial charge in [0.05, 0.1) is 5.69 Å². The highest BCUT2D eigenvalue weighted by atomic mass is 16.5. The van der Waals surface area contributed by atoms with Crippen molar-refractivity contribution in [3.63, 3.8) is 0 Å². The molecule has 0 N–H and O–H groups in total. The van der Waals surface area contributed by atoms with Gasteiger partial charge in [-0.25, -0.2) is 0 Å². The van der Waals surface area contributed by atoms with Crippen LogP contribution in [-0.2, 0) is 11.3 Å². The summed E-state index contributed by atoms with van der Waals surface area (Å²) >= 11 is 0. The predicted octanol–water partition coefficient (Wildman–Crippen LogP) is 1.49. The SMILES string of the molecule is CCN(C)Cc1ccc2c(c1)N(C)C(=O)CO2. The molecule has 0 aromatic heterocycles. The van der Waals surface area contributed by atoms with Crippen molar-refractivity contribution in [3.05, 3.63) is 23.8 Å². The summed E-state index contributed by atoms with van der Waals surface area (Å²) in [6.45, 7) is 4.14. The van der Waals surface area contributed by atoms with Crippen LogP contribution in [0.2, 0.25) is 0 Å². The smallest absolute Gasteiger partial charge is 0.264 e. The first-order chi connectivity index (χ1) is 8.11. The van der Waals surface area contributed by atoms with E-state index in [-0.39, 0.29) is 12.5 Å². The standard InChI is InChI=1S/C13H18N2O2/c1-4-14(2)8-10-5-6-12-11(7-10)15(3)13(16)9-17-12/h5-7H,4,8-9H2,1-3H3. The molecule has 1 heterocycles. The average molecular weight is 234 g/mol. The van der Waals surface area contributed by atoms with Gasteiger partial charge in [-0.2, -0.15) is 0 Å². The van der Waals surface area contributed by atoms with E-state index in [0.29, 0.717) is 0 Å². The second-order valence-electron chi connectivity index (χ2n) is 4.37. The zero-order chi connectivity index (χ0) is 12.4. The van der Waals surface area contributed by atoms with Gasteiger partial charge in [-0.3, -0.25) is 4.79 Å². The monoisotopic (exact) mass is 234 g/mol. The average Bonchev–Trinajstić information content (AvgIpc) is 2.34. The molecule has 0 saturated carbocycles. The summed E-state index contributed by atoms with van der Waals surface area (Å²) in [5.74, 6) is 0.786. The maximum atomic E-state index is 11.5. The molecule has 0 spiro atoms. The topological polar surface area (TPSA) is 32.8 Å². The van der Waals surface area contributed by atoms with Gasteiger partial charge in [0, 0.05) is 13.6 Å². The molecule has 4 heteroatoms. The quantitative estimate of drug-likeness (QED) is 0.794. The van der Waals surface area contributed by atoms with E-state index >= 15 is 0 Å². The summed E-state index contributed by atoms with van der Waals surface area (Å²) in [7, 11) is 3.86. The largest absolute Gasteiger partial charge is 0.482 e. The molecule has 0 radical (unpaired) electrons. The number of hydrogen-bond acceptors (Lipinski definition) is 3. The van der Waals surface area contributed by atoms with E-state index in [1.54, 1.807) is 11.9 Å². The fourth-order valence-corrected chi connectivity index (χ4v) is 1.84. The van der Waals surface area contributed by atoms with Crippen molar-refractivity contribution >= 4 is 11.6 Å². The van der Waals surface area contributed by atoms with E-state index in [1.807, 2.05) is 12.1 Å². The Morgan fingerprint density at radius 1 is 1.47 bits per heavy atom. The van der Waals surface area contributed by atoms with Gasteiger partial charge in [-0.05, 0) is 31.3 Å². The second-order valence-corrected chi connectivity index (χ2v) is 4.37. The van der Waals surface area contributed by atoms with Gasteiger partial charge in [0.15, 0.2) is 6.61 Å². The Morgan fingerprint density at radius 3 is 2.94 bits per heavy atom. The first-order valence-corrected chi connectivity index (χ1v) is 5.82. The molecule has 92 valence electrons. The van der Waals surface area contributed by atoms with Crippen LogP contribution in [0.5, 0.6) is 5.75 Å². The number of hydrogen-bond donors (Lipinski definition) is 0. The molecule has 0 aliphatic carbocycles. The van der Waals surface area contributed by atoms with Crippen molar-refractivity contribution in [3.8, 4) is 5.75 Å². The second kappa shape index (κ2) is 4.75. The molecule has 1 aromatic carbocycles. The minimum atomic E-state index is -0.00139. The molecule has 2 rings (SSSR count). The number of carbonyl (C=O) groups excluding carboxylic acids is 1. The van der Waals surface area contributed by atoms with Gasteiger partial charge in [-0.1, -0.05) is 13.0 Å². The third kappa shape index (κ3) is 2.42. The molecular formula is C13H18N2O2. The minimum absolute atomic E-state index is 0.00139. The highest BCUT2D eigenvalue weighted by Crippen LogP contribution is 2.32. The summed E-state index contributed by atoms with van der Waals surface area (Å²) in [6.07, 6.45) is 0. The number of amides is 1. The number of nitrogens with zero attached hydrogens (tertiary/aromatic N) is 2. The fraction of sp³-hybridized carbons (Fsp3) is 0.462. The zero-order valence-corrected chi connectivity index (χ0v) is 10.6. The molecule has 0 saturated heterocycles. The Balaban J connectivity index is 2.26. The molecule has 17 heavy (non-hydrogen) atoms. The zero-order valence-electron chi connectivity index (χ0n) is 10.6. The lowest BCUT2D eigenvalue weighted by Gasteiger charge is -2.26. The summed E-state index contributed by atoms with van der Waals surface area (Å²) in [6, 6.07) is 6.02. The normalized spacial score (nSPS) is 14.8. The van der Waals surface area contributed by atoms with Crippen molar-refractivity contribution in [1.29, 1.82) is 0 Å². The number of fused-ring (bicyclic) bond motifs is 1. The molecule has 0 atom stereocenters. The van der Waals surface area contributed by atoms with E-state index in [1.165, 1.54) is 5.56 Å². The van der Waals surface area contributed by atoms with Crippen molar-refractivity contribution in [2.75, 3.05) is 32.1 Å². The summed E-state index contributed by atoms with van der Waals surface area (Å²) in [4.78, 5) is 15.4. The van der Waals surface area contributed by atoms with Crippen LogP contribution in [-0.4, -0.2) is 38.1 Å². The summed E-state index contributed by atoms with van der Waals surface area (Å²) in [5.41, 5.74) is 2.06. The predicted molar refractivity (Wildman–Crippen MR) is 67.4 cm³/mol. The van der Waals surface area contributed by atoms with Crippen LogP contribution in [0.15, 0.2) is 18.2 Å². The molecular weight excluding hydrogens is 216 g/mol. The molecule has 1 aliphatic heterocycles. The Morgan fingerprint density at radius 2 is 2.24 bits per heavy atom. The lowest BCUT2D eigenvalue weighted by atomic mass is 10.1. The van der Waals surface area contributed by atoms with E-state index in [2.05, 4.69) is 24.9 Å². The van der Waals surface area contributed by atoms with Crippen molar-refractivity contribution in [2.45, 2.75) is 13.5 Å². The first kappa shape index (κ1) is 11.9. The molecule has 0 fully saturated rings. The van der Waals surface area contributed by atoms with Crippen LogP contribution in [0.4, 0.5) is 5.69 Å². The van der Waals surface area contributed by atoms with E-state index in [0.717, 1.165) is 24.5 Å². The van der Waals surface area contributed by atoms with Gasteiger partial charge < -0.3 is 14.5 Å². The van der Waals surface area contributed by atoms with Crippen LogP contribution < -0.4 is 9.64 Å². The summed E-state index contributed by atoms with van der Waals surface area (Å²) in [5, 5.41) is 0. The maximum Gasteiger partial charge on any atom is 0.264 e. The summed E-state index contributed by atoms with van der Waals surface area (Å²) < 4.78 is 5.39. The Hall–Kier alpha value is -1.55. The molecule has 4 nitrogen and oxygen atoms in total. The van der Waals surface area contributed by atoms with Crippen molar-refractivity contribution in [2.24, 2.45) is 0 Å². The number of likely N-dealkylation sites (N-methyl/N-ethyl adjacent to an activating group) is 1. The van der Waals surface area contributed by atoms with E-state index in [4.69, 9.17) is 4.74 Å². The Kier molecular flexibility index (Phi) is 3.33. The molecule has 1 aliphatic rings. The number of benzene rings is 1. The highest BCUT2D eigenvalue weighted by molar-refractivity contribution is 5.97. The van der Waals surface area contributed by atoms with Gasteiger partial charge in [0.1, 0.15) is 5.75 Å². The number of ether oxygens (including phenoxy) is 1. The third-order valence-electron chi connectivity index (χ3n) is 3.10. The highest BCUT2D eigenvalue weighted by Gasteiger charge is 2.22. The lowest BCUT2D eigenvalue weighted by Crippen LogP contribution is -2.35. The first-order valence-electron chi connectivity index (χ1n) is 5.82. The van der Waals surface area contributed by atoms with Crippen LogP contribution in [0.3, 0.4) is 0 Å². The number of rotatable bonds is 3. The van der Waals surface area contributed by atoms with Gasteiger partial charge in [0.25, 0.3) is 5.91 Å². The fourth-order valence-electron chi connectivity index (χ4n) is 1.84. The van der Waals surface area contributed by atoms with Crippen LogP contribution in [0.1, 0.15) is 12.5 Å². The molecule has 1 amide bonds. The molecule has 1 aromatic rings. The van der Waals surface area contributed by atoms with Gasteiger partial charge >= 0.3 is 0 Å². The van der Waals surface area contributed by atoms with Crippen LogP contribution in [0.25, 0.3) is 0 Å². The van der Waals surface area contributed by atoms with Crippen molar-refractivity contribution in [1.82, 2.24) is 4.90 Å². The molecule has 0 unspecified atom stereocenters. The Bertz CT molecular complexity index is 431. The number of carbonyl (C=O) groups is 1. The van der Waals surface area contributed by atoms with Gasteiger partial charge in [-0.15, -0.1) is 0 Å². The maximum absolute atomic E-state index is 11.5.